The van der Waals surface area contributed by atoms with Crippen molar-refractivity contribution < 1.29 is 0 Å². The lowest BCUT2D eigenvalue weighted by Gasteiger charge is -2.18. The molecule has 4 rings (SSSR count). The Kier molecular flexibility index (Phi) is 3.63. The van der Waals surface area contributed by atoms with E-state index in [4.69, 9.17) is 23.2 Å². The Balaban J connectivity index is 2.26. The molecule has 0 unspecified atom stereocenters. The molecule has 0 amide bonds. The number of hydrogen-bond acceptors (Lipinski definition) is 3. The van der Waals surface area contributed by atoms with E-state index in [2.05, 4.69) is 4.98 Å². The van der Waals surface area contributed by atoms with E-state index in [9.17, 15) is 9.59 Å². The van der Waals surface area contributed by atoms with Gasteiger partial charge in [-0.3, -0.25) is 13.9 Å². The van der Waals surface area contributed by atoms with Gasteiger partial charge in [0.25, 0.3) is 5.56 Å². The maximum absolute atomic E-state index is 12.6. The van der Waals surface area contributed by atoms with Gasteiger partial charge in [0.2, 0.25) is 0 Å². The lowest BCUT2D eigenvalue weighted by molar-refractivity contribution is 0.766. The second-order valence-corrected chi connectivity index (χ2v) is 6.53. The predicted octanol–water partition coefficient (Wildman–Crippen LogP) is 3.50. The number of fused-ring (bicyclic) bond motifs is 2. The molecule has 0 saturated carbocycles. The maximum atomic E-state index is 12.6. The van der Waals surface area contributed by atoms with Gasteiger partial charge < -0.3 is 0 Å². The quantitative estimate of drug-likeness (QED) is 0.481. The molecule has 2 aromatic rings. The molecule has 0 saturated heterocycles. The summed E-state index contributed by atoms with van der Waals surface area (Å²) in [6.45, 7) is 0. The van der Waals surface area contributed by atoms with Crippen LogP contribution < -0.4 is 11.2 Å². The van der Waals surface area contributed by atoms with E-state index < -0.39 is 11.2 Å². The number of pyridine rings is 1. The van der Waals surface area contributed by atoms with Crippen molar-refractivity contribution in [1.82, 2.24) is 14.1 Å². The van der Waals surface area contributed by atoms with Crippen molar-refractivity contribution in [2.24, 2.45) is 7.05 Å². The van der Waals surface area contributed by atoms with Gasteiger partial charge in [0, 0.05) is 22.8 Å². The monoisotopic (exact) mass is 371 g/mol. The first kappa shape index (κ1) is 15.9. The SMILES string of the molecule is Cn1c(=O)nc2n(-c3ccc(Cl)cc3)c3cc(Cl)ccc3cc-2c1=O. The van der Waals surface area contributed by atoms with Crippen LogP contribution in [0.2, 0.25) is 10.0 Å². The minimum atomic E-state index is -0.610. The minimum absolute atomic E-state index is 0.283. The van der Waals surface area contributed by atoms with Crippen LogP contribution in [0, 0.1) is 0 Å². The first-order valence-electron chi connectivity index (χ1n) is 7.44. The molecule has 2 aliphatic heterocycles. The Hall–Kier alpha value is -2.63. The summed E-state index contributed by atoms with van der Waals surface area (Å²) in [4.78, 5) is 28.8. The molecular weight excluding hydrogens is 361 g/mol. The van der Waals surface area contributed by atoms with Crippen LogP contribution in [0.1, 0.15) is 0 Å². The smallest absolute Gasteiger partial charge is 0.294 e. The van der Waals surface area contributed by atoms with Gasteiger partial charge in [0.05, 0.1) is 11.1 Å². The van der Waals surface area contributed by atoms with Crippen molar-refractivity contribution in [2.75, 3.05) is 0 Å². The molecule has 0 N–H and O–H groups in total. The highest BCUT2D eigenvalue weighted by molar-refractivity contribution is 6.31. The zero-order valence-electron chi connectivity index (χ0n) is 13.0. The fourth-order valence-electron chi connectivity index (χ4n) is 2.84. The minimum Gasteiger partial charge on any atom is -0.294 e. The second-order valence-electron chi connectivity index (χ2n) is 5.66. The third-order valence-electron chi connectivity index (χ3n) is 4.09. The molecule has 0 aromatic heterocycles. The fraction of sp³-hybridized carbons (Fsp3) is 0.0556. The standard InChI is InChI=1S/C18H11Cl2N3O2/c1-22-17(24)14-8-10-2-3-12(20)9-15(10)23(16(14)21-18(22)25)13-6-4-11(19)5-7-13/h2-9H,1H3. The van der Waals surface area contributed by atoms with Crippen molar-refractivity contribution in [3.05, 3.63) is 79.4 Å². The summed E-state index contributed by atoms with van der Waals surface area (Å²) in [7, 11) is 1.41. The molecule has 0 atom stereocenters. The molecule has 2 aliphatic rings. The predicted molar refractivity (Wildman–Crippen MR) is 99.2 cm³/mol. The van der Waals surface area contributed by atoms with E-state index in [0.717, 1.165) is 21.2 Å². The summed E-state index contributed by atoms with van der Waals surface area (Å²) >= 11 is 12.1. The average molecular weight is 372 g/mol. The Morgan fingerprint density at radius 2 is 1.60 bits per heavy atom. The van der Waals surface area contributed by atoms with Crippen molar-refractivity contribution >= 4 is 34.1 Å². The molecular formula is C18H11Cl2N3O2. The molecule has 0 aliphatic carbocycles. The van der Waals surface area contributed by atoms with Crippen LogP contribution in [0.3, 0.4) is 0 Å². The van der Waals surface area contributed by atoms with E-state index in [-0.39, 0.29) is 5.82 Å². The first-order valence-corrected chi connectivity index (χ1v) is 8.19. The molecule has 2 aromatic carbocycles. The molecule has 0 spiro atoms. The highest BCUT2D eigenvalue weighted by Crippen LogP contribution is 2.30. The van der Waals surface area contributed by atoms with E-state index in [0.29, 0.717) is 15.6 Å². The molecule has 0 radical (unpaired) electrons. The Morgan fingerprint density at radius 1 is 0.920 bits per heavy atom. The molecule has 124 valence electrons. The average Bonchev–Trinajstić information content (AvgIpc) is 2.60. The topological polar surface area (TPSA) is 56.9 Å². The van der Waals surface area contributed by atoms with Gasteiger partial charge in [0.1, 0.15) is 0 Å². The molecule has 0 fully saturated rings. The van der Waals surface area contributed by atoms with Gasteiger partial charge in [-0.1, -0.05) is 29.3 Å². The maximum Gasteiger partial charge on any atom is 0.352 e. The van der Waals surface area contributed by atoms with Gasteiger partial charge in [-0.25, -0.2) is 4.79 Å². The largest absolute Gasteiger partial charge is 0.352 e. The Bertz CT molecular complexity index is 1210. The number of hydrogen-bond donors (Lipinski definition) is 0. The van der Waals surface area contributed by atoms with Crippen molar-refractivity contribution in [3.8, 4) is 17.1 Å². The van der Waals surface area contributed by atoms with E-state index in [1.807, 2.05) is 6.07 Å². The van der Waals surface area contributed by atoms with Crippen LogP contribution in [-0.2, 0) is 7.05 Å². The van der Waals surface area contributed by atoms with Crippen molar-refractivity contribution in [3.63, 3.8) is 0 Å². The van der Waals surface area contributed by atoms with Gasteiger partial charge in [0.15, 0.2) is 5.82 Å². The number of halogens is 2. The third-order valence-corrected chi connectivity index (χ3v) is 4.58. The highest BCUT2D eigenvalue weighted by Gasteiger charge is 2.19. The fourth-order valence-corrected chi connectivity index (χ4v) is 3.13. The normalized spacial score (nSPS) is 11.3. The summed E-state index contributed by atoms with van der Waals surface area (Å²) in [5, 5.41) is 1.94. The van der Waals surface area contributed by atoms with E-state index >= 15 is 0 Å². The summed E-state index contributed by atoms with van der Waals surface area (Å²) in [5.41, 5.74) is 0.813. The summed E-state index contributed by atoms with van der Waals surface area (Å²) in [6, 6.07) is 14.1. The van der Waals surface area contributed by atoms with Crippen molar-refractivity contribution in [2.45, 2.75) is 0 Å². The van der Waals surface area contributed by atoms with Crippen LogP contribution in [0.15, 0.2) is 58.1 Å². The number of benzene rings is 2. The Labute approximate surface area is 152 Å². The van der Waals surface area contributed by atoms with Gasteiger partial charge in [-0.15, -0.1) is 0 Å². The summed E-state index contributed by atoms with van der Waals surface area (Å²) in [6.07, 6.45) is 0. The highest BCUT2D eigenvalue weighted by atomic mass is 35.5. The lowest BCUT2D eigenvalue weighted by atomic mass is 10.1. The van der Waals surface area contributed by atoms with Crippen LogP contribution in [0.5, 0.6) is 0 Å². The molecule has 0 bridgehead atoms. The Morgan fingerprint density at radius 3 is 2.32 bits per heavy atom. The lowest BCUT2D eigenvalue weighted by Crippen LogP contribution is -2.35. The first-order chi connectivity index (χ1) is 12.0. The van der Waals surface area contributed by atoms with Gasteiger partial charge in [-0.05, 0) is 47.9 Å². The summed E-state index contributed by atoms with van der Waals surface area (Å²) < 4.78 is 2.74. The zero-order chi connectivity index (χ0) is 17.7. The number of aromatic nitrogens is 3. The number of rotatable bonds is 1. The van der Waals surface area contributed by atoms with Crippen LogP contribution in [0.4, 0.5) is 0 Å². The molecule has 5 nitrogen and oxygen atoms in total. The summed E-state index contributed by atoms with van der Waals surface area (Å²) in [5.74, 6) is 0.283. The third kappa shape index (κ3) is 2.52. The number of nitrogens with zero attached hydrogens (tertiary/aromatic N) is 3. The molecule has 7 heteroatoms. The van der Waals surface area contributed by atoms with Crippen LogP contribution >= 0.6 is 23.2 Å². The van der Waals surface area contributed by atoms with Crippen LogP contribution in [0.25, 0.3) is 28.0 Å². The molecule has 25 heavy (non-hydrogen) atoms. The molecule has 2 heterocycles. The van der Waals surface area contributed by atoms with E-state index in [1.54, 1.807) is 47.0 Å². The second kappa shape index (κ2) is 5.72. The van der Waals surface area contributed by atoms with E-state index in [1.165, 1.54) is 7.05 Å². The van der Waals surface area contributed by atoms with Gasteiger partial charge >= 0.3 is 5.69 Å². The van der Waals surface area contributed by atoms with Crippen molar-refractivity contribution in [1.29, 1.82) is 0 Å². The zero-order valence-corrected chi connectivity index (χ0v) is 14.5. The van der Waals surface area contributed by atoms with Crippen LogP contribution in [-0.4, -0.2) is 14.1 Å². The van der Waals surface area contributed by atoms with Gasteiger partial charge in [-0.2, -0.15) is 4.98 Å².